The number of rotatable bonds is 0. The highest BCUT2D eigenvalue weighted by molar-refractivity contribution is 6.99. The number of ether oxygens (including phenoxy) is 1. The SMILES string of the molecule is CC12CCC3CCCC3C1(C)N1c3cccc4c3B(c3cc5ccccc5cc3O4)c3cccc2c31. The van der Waals surface area contributed by atoms with E-state index in [1.807, 2.05) is 0 Å². The van der Waals surface area contributed by atoms with Crippen molar-refractivity contribution in [3.8, 4) is 11.5 Å². The highest BCUT2D eigenvalue weighted by Crippen LogP contribution is 2.66. The van der Waals surface area contributed by atoms with Crippen molar-refractivity contribution in [3.63, 3.8) is 0 Å². The summed E-state index contributed by atoms with van der Waals surface area (Å²) in [5.74, 6) is 3.65. The summed E-state index contributed by atoms with van der Waals surface area (Å²) in [5.41, 5.74) is 8.88. The van der Waals surface area contributed by atoms with Crippen LogP contribution in [0, 0.1) is 11.8 Å². The van der Waals surface area contributed by atoms with E-state index in [9.17, 15) is 0 Å². The van der Waals surface area contributed by atoms with Crippen LogP contribution < -0.4 is 26.0 Å². The van der Waals surface area contributed by atoms with Crippen molar-refractivity contribution in [2.45, 2.75) is 56.9 Å². The topological polar surface area (TPSA) is 12.5 Å². The highest BCUT2D eigenvalue weighted by atomic mass is 16.5. The molecule has 4 aromatic rings. The van der Waals surface area contributed by atoms with Gasteiger partial charge >= 0.3 is 0 Å². The lowest BCUT2D eigenvalue weighted by Crippen LogP contribution is -2.66. The molecule has 0 radical (unpaired) electrons. The molecule has 2 saturated carbocycles. The number of benzene rings is 4. The molecule has 4 aromatic carbocycles. The van der Waals surface area contributed by atoms with Gasteiger partial charge in [-0.25, -0.2) is 0 Å². The lowest BCUT2D eigenvalue weighted by molar-refractivity contribution is 0.0831. The zero-order valence-corrected chi connectivity index (χ0v) is 21.1. The van der Waals surface area contributed by atoms with Gasteiger partial charge in [0.2, 0.25) is 0 Å². The summed E-state index contributed by atoms with van der Waals surface area (Å²) in [6.45, 7) is 5.41. The maximum absolute atomic E-state index is 6.71. The molecule has 3 heteroatoms. The summed E-state index contributed by atoms with van der Waals surface area (Å²) < 4.78 is 6.71. The van der Waals surface area contributed by atoms with E-state index in [4.69, 9.17) is 4.74 Å². The van der Waals surface area contributed by atoms with Crippen molar-refractivity contribution >= 4 is 45.2 Å². The van der Waals surface area contributed by atoms with E-state index in [0.29, 0.717) is 0 Å². The minimum atomic E-state index is 0.0919. The highest BCUT2D eigenvalue weighted by Gasteiger charge is 2.66. The average Bonchev–Trinajstić information content (AvgIpc) is 3.46. The molecule has 9 rings (SSSR count). The third-order valence-electron chi connectivity index (χ3n) is 11.2. The molecule has 0 N–H and O–H groups in total. The van der Waals surface area contributed by atoms with Gasteiger partial charge in [0.25, 0.3) is 6.71 Å². The zero-order chi connectivity index (χ0) is 23.8. The minimum Gasteiger partial charge on any atom is -0.458 e. The Balaban J connectivity index is 1.38. The predicted octanol–water partition coefficient (Wildman–Crippen LogP) is 6.15. The van der Waals surface area contributed by atoms with Gasteiger partial charge < -0.3 is 9.64 Å². The normalized spacial score (nSPS) is 30.3. The van der Waals surface area contributed by atoms with Crippen LogP contribution in [0.15, 0.2) is 72.8 Å². The van der Waals surface area contributed by atoms with Gasteiger partial charge in [-0.05, 0) is 88.9 Å². The molecule has 36 heavy (non-hydrogen) atoms. The lowest BCUT2D eigenvalue weighted by atomic mass is 9.34. The molecule has 0 aromatic heterocycles. The average molecular weight is 467 g/mol. The fraction of sp³-hybridized carbons (Fsp3) is 0.333. The maximum atomic E-state index is 6.71. The molecule has 0 amide bonds. The fourth-order valence-electron chi connectivity index (χ4n) is 9.43. The first-order chi connectivity index (χ1) is 17.6. The Kier molecular flexibility index (Phi) is 3.53. The van der Waals surface area contributed by atoms with Crippen molar-refractivity contribution in [1.29, 1.82) is 0 Å². The first-order valence-corrected chi connectivity index (χ1v) is 13.9. The molecular formula is C33H30BNO. The zero-order valence-electron chi connectivity index (χ0n) is 21.1. The van der Waals surface area contributed by atoms with Crippen molar-refractivity contribution < 1.29 is 4.74 Å². The largest absolute Gasteiger partial charge is 0.458 e. The molecule has 0 spiro atoms. The van der Waals surface area contributed by atoms with E-state index in [2.05, 4.69) is 91.5 Å². The molecular weight excluding hydrogens is 437 g/mol. The number of nitrogens with zero attached hydrogens (tertiary/aromatic N) is 1. The van der Waals surface area contributed by atoms with E-state index >= 15 is 0 Å². The molecule has 176 valence electrons. The monoisotopic (exact) mass is 467 g/mol. The lowest BCUT2D eigenvalue weighted by Gasteiger charge is -2.57. The second-order valence-electron chi connectivity index (χ2n) is 12.4. The van der Waals surface area contributed by atoms with E-state index in [1.165, 1.54) is 70.6 Å². The van der Waals surface area contributed by atoms with E-state index in [-0.39, 0.29) is 17.7 Å². The molecule has 2 fully saturated rings. The van der Waals surface area contributed by atoms with Crippen molar-refractivity contribution in [1.82, 2.24) is 0 Å². The van der Waals surface area contributed by atoms with Gasteiger partial charge in [0, 0.05) is 16.8 Å². The summed E-state index contributed by atoms with van der Waals surface area (Å²) in [5, 5.41) is 2.53. The summed E-state index contributed by atoms with van der Waals surface area (Å²) in [6.07, 6.45) is 6.82. The number of hydrogen-bond acceptors (Lipinski definition) is 2. The van der Waals surface area contributed by atoms with E-state index < -0.39 is 0 Å². The van der Waals surface area contributed by atoms with Crippen LogP contribution in [-0.4, -0.2) is 12.3 Å². The summed E-state index contributed by atoms with van der Waals surface area (Å²) in [6, 6.07) is 27.3. The van der Waals surface area contributed by atoms with Crippen LogP contribution in [0.2, 0.25) is 0 Å². The molecule has 5 aliphatic rings. The number of para-hydroxylation sites is 1. The fourth-order valence-corrected chi connectivity index (χ4v) is 9.43. The number of anilines is 2. The molecule has 4 atom stereocenters. The van der Waals surface area contributed by atoms with E-state index in [0.717, 1.165) is 23.3 Å². The van der Waals surface area contributed by atoms with Crippen LogP contribution in [0.1, 0.15) is 51.5 Å². The van der Waals surface area contributed by atoms with Crippen LogP contribution >= 0.6 is 0 Å². The van der Waals surface area contributed by atoms with Gasteiger partial charge in [-0.2, -0.15) is 0 Å². The van der Waals surface area contributed by atoms with Crippen LogP contribution in [0.25, 0.3) is 10.8 Å². The van der Waals surface area contributed by atoms with Gasteiger partial charge in [0.05, 0.1) is 5.54 Å². The first-order valence-electron chi connectivity index (χ1n) is 13.9. The van der Waals surface area contributed by atoms with Gasteiger partial charge in [-0.1, -0.05) is 74.4 Å². The van der Waals surface area contributed by atoms with Crippen LogP contribution in [0.5, 0.6) is 11.5 Å². The minimum absolute atomic E-state index is 0.0919. The Bertz CT molecular complexity index is 1630. The Morgan fingerprint density at radius 1 is 0.833 bits per heavy atom. The summed E-state index contributed by atoms with van der Waals surface area (Å²) in [7, 11) is 0. The second kappa shape index (κ2) is 6.38. The van der Waals surface area contributed by atoms with Gasteiger partial charge in [0.1, 0.15) is 11.5 Å². The Hall–Kier alpha value is -3.20. The Labute approximate surface area is 213 Å². The molecule has 2 aliphatic carbocycles. The Morgan fingerprint density at radius 2 is 1.67 bits per heavy atom. The van der Waals surface area contributed by atoms with Crippen LogP contribution in [0.3, 0.4) is 0 Å². The summed E-state index contributed by atoms with van der Waals surface area (Å²) >= 11 is 0. The van der Waals surface area contributed by atoms with Crippen molar-refractivity contribution in [3.05, 3.63) is 78.4 Å². The van der Waals surface area contributed by atoms with Gasteiger partial charge in [0.15, 0.2) is 0 Å². The standard InChI is InChI=1S/C33H30BNO/c1-32-17-16-20-10-5-11-23(20)33(32,2)35-27-14-7-15-28-30(27)34(25-13-6-12-24(32)31(25)35)26-18-21-8-3-4-9-22(21)19-29(26)36-28/h3-4,6-9,12-15,18-20,23H,5,10-11,16-17H2,1-2H3. The van der Waals surface area contributed by atoms with Crippen LogP contribution in [-0.2, 0) is 5.41 Å². The molecule has 0 saturated heterocycles. The Morgan fingerprint density at radius 3 is 2.56 bits per heavy atom. The molecule has 3 aliphatic heterocycles. The van der Waals surface area contributed by atoms with Crippen molar-refractivity contribution in [2.24, 2.45) is 11.8 Å². The van der Waals surface area contributed by atoms with Gasteiger partial charge in [-0.3, -0.25) is 0 Å². The molecule has 3 heterocycles. The smallest absolute Gasteiger partial charge is 0.256 e. The third-order valence-corrected chi connectivity index (χ3v) is 11.2. The summed E-state index contributed by atoms with van der Waals surface area (Å²) in [4.78, 5) is 2.82. The van der Waals surface area contributed by atoms with E-state index in [1.54, 1.807) is 5.56 Å². The predicted molar refractivity (Wildman–Crippen MR) is 150 cm³/mol. The first kappa shape index (κ1) is 19.9. The molecule has 2 nitrogen and oxygen atoms in total. The number of fused-ring (bicyclic) bond motifs is 10. The molecule has 4 unspecified atom stereocenters. The maximum Gasteiger partial charge on any atom is 0.256 e. The third kappa shape index (κ3) is 2.08. The quantitative estimate of drug-likeness (QED) is 0.253. The van der Waals surface area contributed by atoms with Gasteiger partial charge in [-0.15, -0.1) is 0 Å². The molecule has 0 bridgehead atoms. The second-order valence-corrected chi connectivity index (χ2v) is 12.4. The van der Waals surface area contributed by atoms with Crippen molar-refractivity contribution in [2.75, 3.05) is 4.90 Å². The number of hydrogen-bond donors (Lipinski definition) is 0. The van der Waals surface area contributed by atoms with Crippen LogP contribution in [0.4, 0.5) is 11.4 Å².